The zero-order valence-corrected chi connectivity index (χ0v) is 10.3. The molecule has 0 N–H and O–H groups in total. The second kappa shape index (κ2) is 4.19. The Morgan fingerprint density at radius 1 is 1.42 bits per heavy atom. The molecule has 0 unspecified atom stereocenters. The highest BCUT2D eigenvalue weighted by Gasteiger charge is 2.16. The Bertz CT molecular complexity index is 814. The number of hydrogen-bond donors (Lipinski definition) is 0. The SMILES string of the molecule is N#Cc1c(-c2cccs2)nc2ccc([N+](=O)[O-])cn12. The molecule has 92 valence electrons. The minimum atomic E-state index is -0.495. The van der Waals surface area contributed by atoms with Gasteiger partial charge in [-0.3, -0.25) is 14.5 Å². The molecule has 0 atom stereocenters. The molecular formula is C12H6N4O2S. The van der Waals surface area contributed by atoms with Crippen molar-refractivity contribution in [1.82, 2.24) is 9.38 Å². The van der Waals surface area contributed by atoms with E-state index in [4.69, 9.17) is 0 Å². The van der Waals surface area contributed by atoms with E-state index in [9.17, 15) is 15.4 Å². The van der Waals surface area contributed by atoms with Crippen LogP contribution in [0, 0.1) is 21.4 Å². The highest BCUT2D eigenvalue weighted by molar-refractivity contribution is 7.13. The fourth-order valence-corrected chi connectivity index (χ4v) is 2.55. The monoisotopic (exact) mass is 270 g/mol. The summed E-state index contributed by atoms with van der Waals surface area (Å²) in [5, 5.41) is 21.9. The quantitative estimate of drug-likeness (QED) is 0.529. The summed E-state index contributed by atoms with van der Waals surface area (Å²) >= 11 is 1.47. The van der Waals surface area contributed by atoms with E-state index < -0.39 is 4.92 Å². The molecule has 6 nitrogen and oxygen atoms in total. The number of hydrogen-bond acceptors (Lipinski definition) is 5. The summed E-state index contributed by atoms with van der Waals surface area (Å²) in [4.78, 5) is 15.5. The van der Waals surface area contributed by atoms with Crippen molar-refractivity contribution in [2.75, 3.05) is 0 Å². The number of pyridine rings is 1. The minimum Gasteiger partial charge on any atom is -0.284 e. The number of aromatic nitrogens is 2. The number of rotatable bonds is 2. The average molecular weight is 270 g/mol. The largest absolute Gasteiger partial charge is 0.286 e. The number of fused-ring (bicyclic) bond motifs is 1. The van der Waals surface area contributed by atoms with Crippen LogP contribution in [0.3, 0.4) is 0 Å². The lowest BCUT2D eigenvalue weighted by molar-refractivity contribution is -0.385. The summed E-state index contributed by atoms with van der Waals surface area (Å²) < 4.78 is 1.45. The maximum absolute atomic E-state index is 10.8. The van der Waals surface area contributed by atoms with Crippen molar-refractivity contribution in [3.8, 4) is 16.6 Å². The van der Waals surface area contributed by atoms with Crippen molar-refractivity contribution < 1.29 is 4.92 Å². The van der Waals surface area contributed by atoms with Crippen molar-refractivity contribution in [3.63, 3.8) is 0 Å². The Balaban J connectivity index is 2.32. The van der Waals surface area contributed by atoms with Gasteiger partial charge in [0.25, 0.3) is 5.69 Å². The number of nitrogens with zero attached hydrogens (tertiary/aromatic N) is 4. The van der Waals surface area contributed by atoms with E-state index in [0.717, 1.165) is 4.88 Å². The standard InChI is InChI=1S/C12H6N4O2S/c13-6-9-12(10-2-1-5-19-10)14-11-4-3-8(16(17)18)7-15(9)11/h1-5,7H. The molecule has 0 aliphatic heterocycles. The molecule has 0 aliphatic rings. The van der Waals surface area contributed by atoms with E-state index in [2.05, 4.69) is 11.1 Å². The van der Waals surface area contributed by atoms with Crippen LogP contribution in [0.5, 0.6) is 0 Å². The molecular weight excluding hydrogens is 264 g/mol. The van der Waals surface area contributed by atoms with E-state index in [1.165, 1.54) is 34.1 Å². The van der Waals surface area contributed by atoms with Crippen molar-refractivity contribution >= 4 is 22.7 Å². The van der Waals surface area contributed by atoms with Crippen LogP contribution in [-0.2, 0) is 0 Å². The second-order valence-corrected chi connectivity index (χ2v) is 4.72. The fraction of sp³-hybridized carbons (Fsp3) is 0. The van der Waals surface area contributed by atoms with Gasteiger partial charge in [0.1, 0.15) is 17.4 Å². The van der Waals surface area contributed by atoms with Crippen molar-refractivity contribution in [1.29, 1.82) is 5.26 Å². The van der Waals surface area contributed by atoms with E-state index in [0.29, 0.717) is 17.0 Å². The lowest BCUT2D eigenvalue weighted by Gasteiger charge is -1.95. The molecule has 0 saturated carbocycles. The average Bonchev–Trinajstić information content (AvgIpc) is 3.04. The summed E-state index contributed by atoms with van der Waals surface area (Å²) in [5.74, 6) is 0. The van der Waals surface area contributed by atoms with Crippen LogP contribution in [-0.4, -0.2) is 14.3 Å². The Kier molecular flexibility index (Phi) is 2.51. The van der Waals surface area contributed by atoms with Gasteiger partial charge in [-0.05, 0) is 17.5 Å². The van der Waals surface area contributed by atoms with Crippen LogP contribution >= 0.6 is 11.3 Å². The number of nitriles is 1. The normalized spacial score (nSPS) is 10.5. The topological polar surface area (TPSA) is 84.2 Å². The number of imidazole rings is 1. The highest BCUT2D eigenvalue weighted by Crippen LogP contribution is 2.28. The van der Waals surface area contributed by atoms with Gasteiger partial charge in [-0.15, -0.1) is 11.3 Å². The van der Waals surface area contributed by atoms with Gasteiger partial charge in [0.2, 0.25) is 0 Å². The van der Waals surface area contributed by atoms with Crippen LogP contribution < -0.4 is 0 Å². The van der Waals surface area contributed by atoms with Crippen molar-refractivity contribution in [2.24, 2.45) is 0 Å². The third-order valence-corrected chi connectivity index (χ3v) is 3.55. The third kappa shape index (κ3) is 1.75. The van der Waals surface area contributed by atoms with Gasteiger partial charge in [-0.2, -0.15) is 5.26 Å². The van der Waals surface area contributed by atoms with Gasteiger partial charge < -0.3 is 0 Å². The van der Waals surface area contributed by atoms with Crippen LogP contribution in [0.15, 0.2) is 35.8 Å². The Morgan fingerprint density at radius 3 is 2.89 bits per heavy atom. The van der Waals surface area contributed by atoms with Crippen molar-refractivity contribution in [3.05, 3.63) is 51.7 Å². The predicted molar refractivity (Wildman–Crippen MR) is 69.9 cm³/mol. The summed E-state index contributed by atoms with van der Waals surface area (Å²) in [6.45, 7) is 0. The molecule has 7 heteroatoms. The molecule has 0 amide bonds. The zero-order valence-electron chi connectivity index (χ0n) is 9.48. The molecule has 3 aromatic rings. The molecule has 3 heterocycles. The third-order valence-electron chi connectivity index (χ3n) is 2.67. The van der Waals surface area contributed by atoms with Crippen LogP contribution in [0.1, 0.15) is 5.69 Å². The lowest BCUT2D eigenvalue weighted by atomic mass is 10.3. The summed E-state index contributed by atoms with van der Waals surface area (Å²) in [5.41, 5.74) is 1.31. The lowest BCUT2D eigenvalue weighted by Crippen LogP contribution is -1.93. The molecule has 0 spiro atoms. The fourth-order valence-electron chi connectivity index (χ4n) is 1.83. The predicted octanol–water partition coefficient (Wildman–Crippen LogP) is 2.84. The van der Waals surface area contributed by atoms with Crippen LogP contribution in [0.25, 0.3) is 16.2 Å². The summed E-state index contributed by atoms with van der Waals surface area (Å²) in [6, 6.07) is 8.70. The number of nitro groups is 1. The first kappa shape index (κ1) is 11.4. The molecule has 0 fully saturated rings. The summed E-state index contributed by atoms with van der Waals surface area (Å²) in [7, 11) is 0. The van der Waals surface area contributed by atoms with Gasteiger partial charge in [-0.1, -0.05) is 6.07 Å². The molecule has 3 rings (SSSR count). The minimum absolute atomic E-state index is 0.0703. The Morgan fingerprint density at radius 2 is 2.26 bits per heavy atom. The molecule has 3 aromatic heterocycles. The Hall–Kier alpha value is -2.72. The van der Waals surface area contributed by atoms with Gasteiger partial charge in [-0.25, -0.2) is 4.98 Å². The highest BCUT2D eigenvalue weighted by atomic mass is 32.1. The second-order valence-electron chi connectivity index (χ2n) is 3.77. The van der Waals surface area contributed by atoms with E-state index in [1.54, 1.807) is 0 Å². The van der Waals surface area contributed by atoms with Crippen molar-refractivity contribution in [2.45, 2.75) is 0 Å². The molecule has 19 heavy (non-hydrogen) atoms. The zero-order chi connectivity index (χ0) is 13.4. The molecule has 0 aromatic carbocycles. The molecule has 0 radical (unpaired) electrons. The van der Waals surface area contributed by atoms with E-state index >= 15 is 0 Å². The summed E-state index contributed by atoms with van der Waals surface area (Å²) in [6.07, 6.45) is 1.32. The van der Waals surface area contributed by atoms with Crippen LogP contribution in [0.4, 0.5) is 5.69 Å². The maximum atomic E-state index is 10.8. The maximum Gasteiger partial charge on any atom is 0.286 e. The van der Waals surface area contributed by atoms with Gasteiger partial charge in [0.05, 0.1) is 16.0 Å². The van der Waals surface area contributed by atoms with Gasteiger partial charge in [0.15, 0.2) is 5.69 Å². The molecule has 0 aliphatic carbocycles. The van der Waals surface area contributed by atoms with E-state index in [1.807, 2.05) is 17.5 Å². The first-order valence-electron chi connectivity index (χ1n) is 5.31. The Labute approximate surface area is 111 Å². The van der Waals surface area contributed by atoms with Gasteiger partial charge >= 0.3 is 0 Å². The van der Waals surface area contributed by atoms with Crippen LogP contribution in [0.2, 0.25) is 0 Å². The van der Waals surface area contributed by atoms with E-state index in [-0.39, 0.29) is 5.69 Å². The molecule has 0 bridgehead atoms. The first-order chi connectivity index (χ1) is 9.20. The smallest absolute Gasteiger partial charge is 0.284 e. The number of thiophene rings is 1. The first-order valence-corrected chi connectivity index (χ1v) is 6.19. The molecule has 0 saturated heterocycles. The van der Waals surface area contributed by atoms with Gasteiger partial charge in [0, 0.05) is 6.07 Å².